The van der Waals surface area contributed by atoms with E-state index in [0.29, 0.717) is 0 Å². The lowest BCUT2D eigenvalue weighted by molar-refractivity contribution is -0.333. The molecule has 0 aromatic rings. The molecule has 16 atom stereocenters. The van der Waals surface area contributed by atoms with Crippen molar-refractivity contribution in [2.75, 3.05) is 26.9 Å². The van der Waals surface area contributed by atoms with Gasteiger partial charge in [-0.1, -0.05) is 34.6 Å². The molecule has 3 aliphatic rings. The largest absolute Gasteiger partial charge is 0.393 e. The molecule has 3 rings (SSSR count). The predicted octanol–water partition coefficient (Wildman–Crippen LogP) is 1.29. The first kappa shape index (κ1) is 45.9. The van der Waals surface area contributed by atoms with Gasteiger partial charge in [-0.05, 0) is 96.1 Å². The molecular weight excluding hydrogens is 668 g/mol. The van der Waals surface area contributed by atoms with Crippen molar-refractivity contribution in [2.24, 2.45) is 38.9 Å². The van der Waals surface area contributed by atoms with Crippen molar-refractivity contribution in [2.45, 2.75) is 198 Å². The van der Waals surface area contributed by atoms with Gasteiger partial charge in [-0.25, -0.2) is 0 Å². The second kappa shape index (κ2) is 12.7. The van der Waals surface area contributed by atoms with Crippen molar-refractivity contribution < 1.29 is 44.8 Å². The van der Waals surface area contributed by atoms with Crippen molar-refractivity contribution in [3.8, 4) is 0 Å². The van der Waals surface area contributed by atoms with E-state index in [-0.39, 0.29) is 32.7 Å². The number of nitrogens with two attached hydrogens (primary N) is 3. The van der Waals surface area contributed by atoms with E-state index in [1.165, 1.54) is 13.8 Å². The number of aliphatic hydroxyl groups excluding tert-OH is 1. The van der Waals surface area contributed by atoms with Crippen LogP contribution in [0.15, 0.2) is 0 Å². The Morgan fingerprint density at radius 1 is 0.731 bits per heavy atom. The zero-order valence-corrected chi connectivity index (χ0v) is 35.5. The Morgan fingerprint density at radius 3 is 1.69 bits per heavy atom. The highest BCUT2D eigenvalue weighted by Gasteiger charge is 2.79. The van der Waals surface area contributed by atoms with Gasteiger partial charge in [0.1, 0.15) is 28.0 Å². The van der Waals surface area contributed by atoms with Crippen molar-refractivity contribution in [1.29, 1.82) is 0 Å². The Morgan fingerprint density at radius 2 is 1.23 bits per heavy atom. The van der Waals surface area contributed by atoms with Crippen LogP contribution >= 0.6 is 0 Å². The molecule has 308 valence electrons. The van der Waals surface area contributed by atoms with E-state index in [1.54, 1.807) is 62.4 Å². The molecule has 1 heterocycles. The first-order valence-corrected chi connectivity index (χ1v) is 19.0. The fourth-order valence-electron chi connectivity index (χ4n) is 10.8. The van der Waals surface area contributed by atoms with E-state index >= 15 is 0 Å². The monoisotopic (exact) mass is 747 g/mol. The van der Waals surface area contributed by atoms with E-state index < -0.39 is 96.2 Å². The van der Waals surface area contributed by atoms with Crippen LogP contribution in [0.3, 0.4) is 0 Å². The van der Waals surface area contributed by atoms with E-state index in [2.05, 4.69) is 5.32 Å². The number of likely N-dealkylation sites (N-methyl/N-ethyl adjacent to an activating group) is 1. The molecule has 0 aromatic heterocycles. The second-order valence-electron chi connectivity index (χ2n) is 20.2. The van der Waals surface area contributed by atoms with Gasteiger partial charge in [-0.15, -0.1) is 0 Å². The lowest BCUT2D eigenvalue weighted by Gasteiger charge is -2.74. The molecule has 0 spiro atoms. The third-order valence-electron chi connectivity index (χ3n) is 17.6. The third kappa shape index (κ3) is 5.42. The van der Waals surface area contributed by atoms with Crippen molar-refractivity contribution >= 4 is 0 Å². The van der Waals surface area contributed by atoms with E-state index in [1.807, 2.05) is 41.5 Å². The van der Waals surface area contributed by atoms with E-state index in [0.717, 1.165) is 0 Å². The van der Waals surface area contributed by atoms with E-state index in [9.17, 15) is 30.6 Å². The molecule has 1 saturated heterocycles. The van der Waals surface area contributed by atoms with E-state index in [4.69, 9.17) is 31.4 Å². The molecule has 3 fully saturated rings. The van der Waals surface area contributed by atoms with Gasteiger partial charge in [0.15, 0.2) is 0 Å². The highest BCUT2D eigenvalue weighted by atomic mass is 16.5. The fourth-order valence-corrected chi connectivity index (χ4v) is 10.8. The van der Waals surface area contributed by atoms with Crippen LogP contribution in [-0.4, -0.2) is 132 Å². The van der Waals surface area contributed by atoms with Gasteiger partial charge in [0.05, 0.1) is 60.9 Å². The van der Waals surface area contributed by atoms with Gasteiger partial charge in [0.2, 0.25) is 0 Å². The second-order valence-corrected chi connectivity index (χ2v) is 20.2. The fraction of sp³-hybridized carbons (Fsp3) is 1.00. The molecule has 0 bridgehead atoms. The number of hydrogen-bond acceptors (Lipinski definition) is 13. The minimum Gasteiger partial charge on any atom is -0.393 e. The average Bonchev–Trinajstić information content (AvgIpc) is 2.97. The smallest absolute Gasteiger partial charge is 0.112 e. The molecule has 2 saturated carbocycles. The molecule has 0 amide bonds. The van der Waals surface area contributed by atoms with Crippen LogP contribution in [-0.2, 0) is 14.2 Å². The summed E-state index contributed by atoms with van der Waals surface area (Å²) in [6.45, 7) is 27.9. The summed E-state index contributed by atoms with van der Waals surface area (Å²) in [7, 11) is 1.69. The number of hydrogen-bond donors (Lipinski definition) is 10. The molecule has 13 N–H and O–H groups in total. The third-order valence-corrected chi connectivity index (χ3v) is 17.6. The molecule has 1 aliphatic heterocycles. The van der Waals surface area contributed by atoms with Crippen LogP contribution in [0.1, 0.15) is 124 Å². The number of aliphatic hydroxyl groups is 6. The van der Waals surface area contributed by atoms with Crippen molar-refractivity contribution in [1.82, 2.24) is 5.32 Å². The zero-order chi connectivity index (χ0) is 41.2. The summed E-state index contributed by atoms with van der Waals surface area (Å²) in [5.41, 5.74) is 4.05. The van der Waals surface area contributed by atoms with Crippen LogP contribution in [0.25, 0.3) is 0 Å². The summed E-state index contributed by atoms with van der Waals surface area (Å²) in [5.74, 6) is 0. The normalized spacial score (nSPS) is 57.5. The molecule has 2 aliphatic carbocycles. The average molecular weight is 747 g/mol. The van der Waals surface area contributed by atoms with Gasteiger partial charge in [-0.3, -0.25) is 0 Å². The predicted molar refractivity (Wildman–Crippen MR) is 202 cm³/mol. The summed E-state index contributed by atoms with van der Waals surface area (Å²) in [5, 5.41) is 73.4. The Bertz CT molecular complexity index is 1320. The van der Waals surface area contributed by atoms with Gasteiger partial charge in [0, 0.05) is 27.2 Å². The lowest BCUT2D eigenvalue weighted by Crippen LogP contribution is -2.91. The maximum absolute atomic E-state index is 12.9. The van der Waals surface area contributed by atoms with Crippen molar-refractivity contribution in [3.63, 3.8) is 0 Å². The number of nitrogens with one attached hydrogen (secondary N) is 1. The minimum absolute atomic E-state index is 0.0108. The van der Waals surface area contributed by atoms with Gasteiger partial charge < -0.3 is 67.4 Å². The molecular formula is C39H78N4O9. The Hall–Kier alpha value is -0.520. The zero-order valence-electron chi connectivity index (χ0n) is 35.5. The van der Waals surface area contributed by atoms with Crippen LogP contribution in [0, 0.1) is 21.7 Å². The summed E-state index contributed by atoms with van der Waals surface area (Å²) >= 11 is 0. The SMILES string of the molecule is CNC1C(C)(O)C(C)OC(CCOC2(C)C(C)(N)C(C)(C)C(C)(N)C(C)(COCC3(C)CC(C)(C(C)O)C(C)(O)C(C)(O)C3(C)N)C2(C)O)C1(C)O. The van der Waals surface area contributed by atoms with Crippen LogP contribution in [0.4, 0.5) is 0 Å². The van der Waals surface area contributed by atoms with Crippen LogP contribution in [0.2, 0.25) is 0 Å². The first-order valence-electron chi connectivity index (χ1n) is 19.0. The Kier molecular flexibility index (Phi) is 11.2. The van der Waals surface area contributed by atoms with Gasteiger partial charge >= 0.3 is 0 Å². The van der Waals surface area contributed by atoms with Crippen LogP contribution < -0.4 is 22.5 Å². The standard InChI is InChI=1S/C39H78N4O9/c1-23(44)29(6)20-28(5,35(12,42)38(15,49)36(29,13)47)21-50-22-30(7)33(10,40)27(3,4)34(11,41)39(16,37(30,14)48)51-19-18-25-32(9,46)26(43-17)31(8,45)24(2)52-25/h23-26,43-49H,18-22,40-42H2,1-17H3. The summed E-state index contributed by atoms with van der Waals surface area (Å²) in [6, 6.07) is -0.686. The number of ether oxygens (including phenoxy) is 3. The quantitative estimate of drug-likeness (QED) is 0.152. The van der Waals surface area contributed by atoms with Gasteiger partial charge in [0.25, 0.3) is 0 Å². The Balaban J connectivity index is 2.01. The number of rotatable bonds is 10. The molecule has 0 aromatic carbocycles. The first-order chi connectivity index (χ1) is 22.8. The molecule has 13 heteroatoms. The molecule has 0 radical (unpaired) electrons. The highest BCUT2D eigenvalue weighted by Crippen LogP contribution is 2.66. The lowest BCUT2D eigenvalue weighted by atomic mass is 9.37. The topological polar surface area (TPSA) is 239 Å². The highest BCUT2D eigenvalue weighted by molar-refractivity contribution is 5.33. The Labute approximate surface area is 313 Å². The summed E-state index contributed by atoms with van der Waals surface area (Å²) in [4.78, 5) is 0. The van der Waals surface area contributed by atoms with Crippen molar-refractivity contribution in [3.05, 3.63) is 0 Å². The molecule has 16 unspecified atom stereocenters. The summed E-state index contributed by atoms with van der Waals surface area (Å²) < 4.78 is 19.6. The molecule has 52 heavy (non-hydrogen) atoms. The summed E-state index contributed by atoms with van der Waals surface area (Å²) in [6.07, 6.45) is -1.83. The maximum Gasteiger partial charge on any atom is 0.112 e. The van der Waals surface area contributed by atoms with Gasteiger partial charge in [-0.2, -0.15) is 0 Å². The minimum atomic E-state index is -1.84. The molecule has 13 nitrogen and oxygen atoms in total. The van der Waals surface area contributed by atoms with Crippen LogP contribution in [0.5, 0.6) is 0 Å². The maximum atomic E-state index is 12.9.